The van der Waals surface area contributed by atoms with Gasteiger partial charge in [0.25, 0.3) is 0 Å². The number of rotatable bonds is 4. The molecule has 1 aromatic carbocycles. The van der Waals surface area contributed by atoms with Crippen molar-refractivity contribution in [3.05, 3.63) is 29.8 Å². The van der Waals surface area contributed by atoms with E-state index >= 15 is 0 Å². The molecule has 1 heterocycles. The van der Waals surface area contributed by atoms with Crippen LogP contribution < -0.4 is 10.5 Å². The Morgan fingerprint density at radius 1 is 1.26 bits per heavy atom. The first-order chi connectivity index (χ1) is 9.03. The third-order valence-corrected chi connectivity index (χ3v) is 6.19. The molecule has 0 amide bonds. The largest absolute Gasteiger partial charge is 0.326 e. The summed E-state index contributed by atoms with van der Waals surface area (Å²) in [6.45, 7) is 0.186. The molecule has 1 aliphatic rings. The highest BCUT2D eigenvalue weighted by Crippen LogP contribution is 2.17. The van der Waals surface area contributed by atoms with Gasteiger partial charge in [-0.05, 0) is 24.5 Å². The second-order valence-electron chi connectivity index (χ2n) is 4.56. The van der Waals surface area contributed by atoms with E-state index in [0.29, 0.717) is 29.9 Å². The van der Waals surface area contributed by atoms with Crippen LogP contribution in [0.5, 0.6) is 0 Å². The van der Waals surface area contributed by atoms with Gasteiger partial charge in [-0.25, -0.2) is 13.1 Å². The maximum Gasteiger partial charge on any atom is 0.241 e. The highest BCUT2D eigenvalue weighted by molar-refractivity contribution is 7.89. The predicted octanol–water partition coefficient (Wildman–Crippen LogP) is 0.335. The average Bonchev–Trinajstić information content (AvgIpc) is 2.41. The number of benzene rings is 1. The third-order valence-electron chi connectivity index (χ3n) is 3.19. The maximum atomic E-state index is 12.3. The van der Waals surface area contributed by atoms with Crippen LogP contribution in [-0.2, 0) is 27.4 Å². The van der Waals surface area contributed by atoms with Crippen molar-refractivity contribution in [3.63, 3.8) is 0 Å². The summed E-state index contributed by atoms with van der Waals surface area (Å²) in [5.74, 6) is 1.12. The molecule has 5 nitrogen and oxygen atoms in total. The van der Waals surface area contributed by atoms with Gasteiger partial charge in [-0.3, -0.25) is 4.21 Å². The number of sulfonamides is 1. The van der Waals surface area contributed by atoms with Crippen LogP contribution in [-0.4, -0.2) is 30.2 Å². The molecule has 1 aliphatic heterocycles. The lowest BCUT2D eigenvalue weighted by molar-refractivity contribution is 0.521. The van der Waals surface area contributed by atoms with Gasteiger partial charge < -0.3 is 5.73 Å². The Kier molecular flexibility index (Phi) is 4.72. The Labute approximate surface area is 116 Å². The van der Waals surface area contributed by atoms with Gasteiger partial charge in [0.05, 0.1) is 4.90 Å². The molecule has 1 saturated heterocycles. The minimum absolute atomic E-state index is 0.131. The number of hydrogen-bond donors (Lipinski definition) is 2. The van der Waals surface area contributed by atoms with Gasteiger partial charge in [0, 0.05) is 34.9 Å². The summed E-state index contributed by atoms with van der Waals surface area (Å²) in [4.78, 5) is 0.240. The van der Waals surface area contributed by atoms with Gasteiger partial charge in [0.1, 0.15) is 0 Å². The molecule has 0 atom stereocenters. The van der Waals surface area contributed by atoms with Crippen molar-refractivity contribution in [2.45, 2.75) is 30.3 Å². The number of nitrogens with one attached hydrogen (secondary N) is 1. The molecule has 1 aromatic rings. The molecular formula is C12H18N2O3S2. The fourth-order valence-corrected chi connectivity index (χ4v) is 4.98. The molecule has 0 bridgehead atoms. The normalized spacial score (nSPS) is 24.3. The Morgan fingerprint density at radius 2 is 1.89 bits per heavy atom. The first-order valence-corrected chi connectivity index (χ1v) is 9.15. The van der Waals surface area contributed by atoms with Crippen molar-refractivity contribution >= 4 is 20.8 Å². The molecule has 19 heavy (non-hydrogen) atoms. The van der Waals surface area contributed by atoms with Crippen LogP contribution in [0.15, 0.2) is 29.2 Å². The molecule has 0 aliphatic carbocycles. The Morgan fingerprint density at radius 3 is 2.53 bits per heavy atom. The van der Waals surface area contributed by atoms with E-state index in [9.17, 15) is 12.6 Å². The van der Waals surface area contributed by atoms with Gasteiger partial charge in [-0.1, -0.05) is 18.2 Å². The quantitative estimate of drug-likeness (QED) is 0.839. The standard InChI is InChI=1S/C12H18N2O3S2/c13-9-10-3-1-2-4-12(10)19(16,17)14-11-5-7-18(15)8-6-11/h1-4,11,14H,5-9,13H2. The number of nitrogens with two attached hydrogens (primary N) is 1. The molecular weight excluding hydrogens is 284 g/mol. The summed E-state index contributed by atoms with van der Waals surface area (Å²) in [6.07, 6.45) is 1.24. The van der Waals surface area contributed by atoms with Gasteiger partial charge >= 0.3 is 0 Å². The molecule has 1 fully saturated rings. The van der Waals surface area contributed by atoms with Crippen molar-refractivity contribution in [2.75, 3.05) is 11.5 Å². The molecule has 0 saturated carbocycles. The average molecular weight is 302 g/mol. The smallest absolute Gasteiger partial charge is 0.241 e. The van der Waals surface area contributed by atoms with Crippen LogP contribution in [0.1, 0.15) is 18.4 Å². The molecule has 0 unspecified atom stereocenters. The molecule has 7 heteroatoms. The van der Waals surface area contributed by atoms with Crippen LogP contribution >= 0.6 is 0 Å². The van der Waals surface area contributed by atoms with E-state index in [1.807, 2.05) is 0 Å². The van der Waals surface area contributed by atoms with Crippen LogP contribution in [0.4, 0.5) is 0 Å². The SMILES string of the molecule is NCc1ccccc1S(=O)(=O)NC1CCS(=O)CC1. The maximum absolute atomic E-state index is 12.3. The van der Waals surface area contributed by atoms with Gasteiger partial charge in [-0.15, -0.1) is 0 Å². The molecule has 2 rings (SSSR count). The van der Waals surface area contributed by atoms with Crippen molar-refractivity contribution in [3.8, 4) is 0 Å². The second-order valence-corrected chi connectivity index (χ2v) is 7.93. The first kappa shape index (κ1) is 14.6. The topological polar surface area (TPSA) is 89.3 Å². The van der Waals surface area contributed by atoms with E-state index in [1.54, 1.807) is 24.3 Å². The lowest BCUT2D eigenvalue weighted by atomic mass is 10.2. The molecule has 106 valence electrons. The zero-order valence-corrected chi connectivity index (χ0v) is 12.2. The van der Waals surface area contributed by atoms with Crippen LogP contribution in [0, 0.1) is 0 Å². The van der Waals surface area contributed by atoms with Crippen molar-refractivity contribution in [1.29, 1.82) is 0 Å². The van der Waals surface area contributed by atoms with Gasteiger partial charge in [0.15, 0.2) is 0 Å². The summed E-state index contributed by atoms with van der Waals surface area (Å²) < 4.78 is 38.6. The molecule has 0 spiro atoms. The van der Waals surface area contributed by atoms with Crippen LogP contribution in [0.3, 0.4) is 0 Å². The highest BCUT2D eigenvalue weighted by atomic mass is 32.2. The molecule has 3 N–H and O–H groups in total. The monoisotopic (exact) mass is 302 g/mol. The van der Waals surface area contributed by atoms with Crippen molar-refractivity contribution < 1.29 is 12.6 Å². The zero-order valence-electron chi connectivity index (χ0n) is 10.5. The Balaban J connectivity index is 2.16. The van der Waals surface area contributed by atoms with E-state index in [2.05, 4.69) is 4.72 Å². The first-order valence-electron chi connectivity index (χ1n) is 6.18. The fourth-order valence-electron chi connectivity index (χ4n) is 2.13. The van der Waals surface area contributed by atoms with Crippen molar-refractivity contribution in [2.24, 2.45) is 5.73 Å². The predicted molar refractivity (Wildman–Crippen MR) is 75.6 cm³/mol. The summed E-state index contributed by atoms with van der Waals surface area (Å²) in [5.41, 5.74) is 6.17. The van der Waals surface area contributed by atoms with E-state index in [0.717, 1.165) is 0 Å². The summed E-state index contributed by atoms with van der Waals surface area (Å²) in [6, 6.07) is 6.60. The fraction of sp³-hybridized carbons (Fsp3) is 0.500. The minimum atomic E-state index is -3.55. The van der Waals surface area contributed by atoms with Gasteiger partial charge in [0.2, 0.25) is 10.0 Å². The summed E-state index contributed by atoms with van der Waals surface area (Å²) in [7, 11) is -4.34. The van der Waals surface area contributed by atoms with E-state index < -0.39 is 20.8 Å². The van der Waals surface area contributed by atoms with E-state index in [4.69, 9.17) is 5.73 Å². The highest BCUT2D eigenvalue weighted by Gasteiger charge is 2.25. The lowest BCUT2D eigenvalue weighted by Gasteiger charge is -2.23. The van der Waals surface area contributed by atoms with E-state index in [1.165, 1.54) is 0 Å². The summed E-state index contributed by atoms with van der Waals surface area (Å²) in [5, 5.41) is 0. The lowest BCUT2D eigenvalue weighted by Crippen LogP contribution is -2.39. The number of hydrogen-bond acceptors (Lipinski definition) is 4. The molecule has 0 radical (unpaired) electrons. The van der Waals surface area contributed by atoms with E-state index in [-0.39, 0.29) is 17.5 Å². The van der Waals surface area contributed by atoms with Crippen LogP contribution in [0.2, 0.25) is 0 Å². The zero-order chi connectivity index (χ0) is 13.9. The minimum Gasteiger partial charge on any atom is -0.326 e. The Hall–Kier alpha value is -0.760. The second kappa shape index (κ2) is 6.13. The van der Waals surface area contributed by atoms with Crippen molar-refractivity contribution in [1.82, 2.24) is 4.72 Å². The Bertz CT molecular complexity index is 562. The van der Waals surface area contributed by atoms with Crippen LogP contribution in [0.25, 0.3) is 0 Å². The summed E-state index contributed by atoms with van der Waals surface area (Å²) >= 11 is 0. The third kappa shape index (κ3) is 3.62. The molecule has 0 aromatic heterocycles. The van der Waals surface area contributed by atoms with Gasteiger partial charge in [-0.2, -0.15) is 0 Å².